The summed E-state index contributed by atoms with van der Waals surface area (Å²) >= 11 is 0. The molecule has 0 N–H and O–H groups in total. The van der Waals surface area contributed by atoms with Crippen molar-refractivity contribution in [3.8, 4) is 0 Å². The summed E-state index contributed by atoms with van der Waals surface area (Å²) in [5.41, 5.74) is 2.99. The fourth-order valence-electron chi connectivity index (χ4n) is 5.37. The monoisotopic (exact) mass is 426 g/mol. The van der Waals surface area contributed by atoms with Gasteiger partial charge in [-0.2, -0.15) is 0 Å². The van der Waals surface area contributed by atoms with Gasteiger partial charge >= 0.3 is 0 Å². The highest BCUT2D eigenvalue weighted by Crippen LogP contribution is 2.25. The number of benzene rings is 1. The summed E-state index contributed by atoms with van der Waals surface area (Å²) in [5.74, 6) is 0.331. The zero-order valence-corrected chi connectivity index (χ0v) is 20.0. The predicted octanol–water partition coefficient (Wildman–Crippen LogP) is 3.19. The van der Waals surface area contributed by atoms with Crippen LogP contribution in [0, 0.1) is 0 Å². The minimum atomic E-state index is 0.208. The van der Waals surface area contributed by atoms with Gasteiger partial charge in [0, 0.05) is 64.9 Å². The fraction of sp³-hybridized carbons (Fsp3) is 0.731. The molecule has 5 nitrogen and oxygen atoms in total. The first-order valence-corrected chi connectivity index (χ1v) is 12.4. The van der Waals surface area contributed by atoms with Crippen molar-refractivity contribution in [1.29, 1.82) is 0 Å². The Kier molecular flexibility index (Phi) is 7.35. The van der Waals surface area contributed by atoms with Gasteiger partial charge in [-0.15, -0.1) is 0 Å². The summed E-state index contributed by atoms with van der Waals surface area (Å²) in [7, 11) is 0. The fourth-order valence-corrected chi connectivity index (χ4v) is 5.37. The Morgan fingerprint density at radius 2 is 1.42 bits per heavy atom. The molecule has 3 aliphatic rings. The van der Waals surface area contributed by atoms with Crippen LogP contribution in [0.1, 0.15) is 57.6 Å². The van der Waals surface area contributed by atoms with Gasteiger partial charge in [0.25, 0.3) is 0 Å². The zero-order chi connectivity index (χ0) is 21.8. The normalized spacial score (nSPS) is 22.9. The Hall–Kier alpha value is -1.43. The lowest BCUT2D eigenvalue weighted by atomic mass is 9.87. The molecule has 0 aromatic heterocycles. The van der Waals surface area contributed by atoms with Gasteiger partial charge in [-0.1, -0.05) is 57.9 Å². The van der Waals surface area contributed by atoms with E-state index in [0.717, 1.165) is 64.9 Å². The lowest BCUT2D eigenvalue weighted by Crippen LogP contribution is -2.54. The van der Waals surface area contributed by atoms with E-state index in [-0.39, 0.29) is 5.41 Å². The molecule has 1 amide bonds. The van der Waals surface area contributed by atoms with Crippen LogP contribution in [0.5, 0.6) is 0 Å². The summed E-state index contributed by atoms with van der Waals surface area (Å²) in [6.45, 7) is 16.4. The number of amides is 1. The Bertz CT molecular complexity index is 704. The highest BCUT2D eigenvalue weighted by Gasteiger charge is 2.29. The molecule has 1 aromatic carbocycles. The van der Waals surface area contributed by atoms with E-state index in [2.05, 4.69) is 64.6 Å². The van der Waals surface area contributed by atoms with Crippen LogP contribution in [0.3, 0.4) is 0 Å². The molecular formula is C26H42N4O. The molecule has 31 heavy (non-hydrogen) atoms. The second kappa shape index (κ2) is 10.0. The van der Waals surface area contributed by atoms with E-state index in [1.54, 1.807) is 0 Å². The van der Waals surface area contributed by atoms with Gasteiger partial charge in [0.15, 0.2) is 0 Å². The highest BCUT2D eigenvalue weighted by molar-refractivity contribution is 5.78. The van der Waals surface area contributed by atoms with E-state index in [4.69, 9.17) is 0 Å². The maximum absolute atomic E-state index is 12.8. The van der Waals surface area contributed by atoms with Crippen LogP contribution >= 0.6 is 0 Å². The summed E-state index contributed by atoms with van der Waals surface area (Å²) in [5, 5.41) is 0. The van der Waals surface area contributed by atoms with Crippen LogP contribution in [-0.4, -0.2) is 90.5 Å². The molecule has 0 radical (unpaired) electrons. The molecule has 0 spiro atoms. The molecule has 3 fully saturated rings. The number of rotatable bonds is 5. The van der Waals surface area contributed by atoms with Crippen molar-refractivity contribution in [2.75, 3.05) is 58.9 Å². The third kappa shape index (κ3) is 6.09. The molecule has 0 bridgehead atoms. The third-order valence-electron chi connectivity index (χ3n) is 7.56. The predicted molar refractivity (Wildman–Crippen MR) is 127 cm³/mol. The van der Waals surface area contributed by atoms with Gasteiger partial charge in [-0.25, -0.2) is 0 Å². The van der Waals surface area contributed by atoms with Crippen molar-refractivity contribution in [2.45, 2.75) is 64.5 Å². The molecule has 4 rings (SSSR count). The van der Waals surface area contributed by atoms with Crippen molar-refractivity contribution in [1.82, 2.24) is 19.6 Å². The van der Waals surface area contributed by atoms with Crippen LogP contribution in [-0.2, 0) is 16.8 Å². The van der Waals surface area contributed by atoms with Gasteiger partial charge in [-0.3, -0.25) is 19.5 Å². The maximum Gasteiger partial charge on any atom is 0.236 e. The van der Waals surface area contributed by atoms with Crippen molar-refractivity contribution in [3.63, 3.8) is 0 Å². The van der Waals surface area contributed by atoms with E-state index in [9.17, 15) is 4.79 Å². The van der Waals surface area contributed by atoms with E-state index in [0.29, 0.717) is 12.5 Å². The maximum atomic E-state index is 12.8. The van der Waals surface area contributed by atoms with E-state index >= 15 is 0 Å². The van der Waals surface area contributed by atoms with Crippen molar-refractivity contribution in [3.05, 3.63) is 35.4 Å². The first kappa shape index (κ1) is 22.8. The average Bonchev–Trinajstić information content (AvgIpc) is 3.30. The first-order valence-electron chi connectivity index (χ1n) is 12.4. The number of hydrogen-bond acceptors (Lipinski definition) is 4. The minimum Gasteiger partial charge on any atom is -0.339 e. The summed E-state index contributed by atoms with van der Waals surface area (Å²) in [6.07, 6.45) is 5.49. The van der Waals surface area contributed by atoms with Crippen LogP contribution < -0.4 is 0 Å². The highest BCUT2D eigenvalue weighted by atomic mass is 16.2. The number of nitrogens with zero attached hydrogens (tertiary/aromatic N) is 4. The number of carbonyl (C=O) groups is 1. The topological polar surface area (TPSA) is 30.0 Å². The quantitative estimate of drug-likeness (QED) is 0.723. The molecule has 2 saturated heterocycles. The van der Waals surface area contributed by atoms with Crippen molar-refractivity contribution < 1.29 is 4.79 Å². The van der Waals surface area contributed by atoms with Gasteiger partial charge in [-0.05, 0) is 29.4 Å². The van der Waals surface area contributed by atoms with E-state index < -0.39 is 0 Å². The molecule has 1 saturated carbocycles. The largest absolute Gasteiger partial charge is 0.339 e. The molecule has 172 valence electrons. The van der Waals surface area contributed by atoms with Crippen LogP contribution in [0.2, 0.25) is 0 Å². The van der Waals surface area contributed by atoms with E-state index in [1.807, 2.05) is 0 Å². The number of piperazine rings is 2. The van der Waals surface area contributed by atoms with Crippen molar-refractivity contribution >= 4 is 5.91 Å². The summed E-state index contributed by atoms with van der Waals surface area (Å²) < 4.78 is 0. The first-order chi connectivity index (χ1) is 14.9. The van der Waals surface area contributed by atoms with Gasteiger partial charge < -0.3 is 4.90 Å². The smallest absolute Gasteiger partial charge is 0.236 e. The number of hydrogen-bond donors (Lipinski definition) is 0. The van der Waals surface area contributed by atoms with E-state index in [1.165, 1.54) is 36.8 Å². The van der Waals surface area contributed by atoms with Crippen LogP contribution in [0.15, 0.2) is 24.3 Å². The number of carbonyl (C=O) groups excluding carboxylic acids is 1. The summed E-state index contributed by atoms with van der Waals surface area (Å²) in [6, 6.07) is 9.89. The minimum absolute atomic E-state index is 0.208. The molecule has 2 heterocycles. The third-order valence-corrected chi connectivity index (χ3v) is 7.56. The van der Waals surface area contributed by atoms with Gasteiger partial charge in [0.1, 0.15) is 0 Å². The zero-order valence-electron chi connectivity index (χ0n) is 20.0. The SMILES string of the molecule is CC(C)(C)c1ccc(CN2CCN(CC(=O)N3CCN(C4CCCC4)CC3)CC2)cc1. The van der Waals surface area contributed by atoms with Crippen molar-refractivity contribution in [2.24, 2.45) is 0 Å². The second-order valence-electron chi connectivity index (χ2n) is 10.9. The van der Waals surface area contributed by atoms with Gasteiger partial charge in [0.2, 0.25) is 5.91 Å². The Balaban J connectivity index is 1.17. The lowest BCUT2D eigenvalue weighted by molar-refractivity contribution is -0.135. The summed E-state index contributed by atoms with van der Waals surface area (Å²) in [4.78, 5) is 22.4. The molecule has 0 unspecified atom stereocenters. The Morgan fingerprint density at radius 1 is 0.839 bits per heavy atom. The Morgan fingerprint density at radius 3 is 2.00 bits per heavy atom. The Labute approximate surface area is 189 Å². The lowest BCUT2D eigenvalue weighted by Gasteiger charge is -2.39. The molecule has 1 aromatic rings. The molecule has 2 aliphatic heterocycles. The molecule has 0 atom stereocenters. The average molecular weight is 427 g/mol. The molecule has 5 heteroatoms. The molecule has 1 aliphatic carbocycles. The standard InChI is InChI=1S/C26H42N4O/c1-26(2,3)23-10-8-22(9-11-23)20-27-12-14-28(15-13-27)21-25(31)30-18-16-29(17-19-30)24-6-4-5-7-24/h8-11,24H,4-7,12-21H2,1-3H3. The molecular weight excluding hydrogens is 384 g/mol. The van der Waals surface area contributed by atoms with Gasteiger partial charge in [0.05, 0.1) is 6.54 Å². The second-order valence-corrected chi connectivity index (χ2v) is 10.9. The van der Waals surface area contributed by atoms with Crippen LogP contribution in [0.25, 0.3) is 0 Å². The van der Waals surface area contributed by atoms with Crippen LogP contribution in [0.4, 0.5) is 0 Å².